The van der Waals surface area contributed by atoms with Crippen molar-refractivity contribution in [2.75, 3.05) is 19.6 Å². The zero-order valence-electron chi connectivity index (χ0n) is 20.6. The van der Waals surface area contributed by atoms with Crippen LogP contribution in [0.25, 0.3) is 11.1 Å². The van der Waals surface area contributed by atoms with Crippen molar-refractivity contribution in [2.45, 2.75) is 22.4 Å². The van der Waals surface area contributed by atoms with E-state index >= 15 is 0 Å². The molecule has 1 atom stereocenters. The van der Waals surface area contributed by atoms with Crippen LogP contribution in [0.2, 0.25) is 0 Å². The normalized spacial score (nSPS) is 12.4. The predicted octanol–water partition coefficient (Wildman–Crippen LogP) is 1.25. The maximum Gasteiger partial charge on any atom is 0.407 e. The highest BCUT2D eigenvalue weighted by Gasteiger charge is 2.24. The molecular formula is C25H28N4O8S2. The van der Waals surface area contributed by atoms with Gasteiger partial charge in [-0.25, -0.2) is 26.4 Å². The standard InChI is InChI=1S/C25H28N4O8S2/c26-16-23(24(30)31)29-39(35,36)22-12-8-20(9-13-22)19-6-10-21(11-7-19)38(33,34)28-15-14-27-25(32)37-17-18-4-2-1-3-5-18/h1-13,23,28-29H,14-17,26H2,(H,27,32)(H,30,31)/t23-/m0/s1. The molecule has 3 rings (SSSR count). The quantitative estimate of drug-likeness (QED) is 0.186. The lowest BCUT2D eigenvalue weighted by atomic mass is 10.1. The number of carbonyl (C=O) groups excluding carboxylic acids is 1. The zero-order valence-corrected chi connectivity index (χ0v) is 22.2. The van der Waals surface area contributed by atoms with Gasteiger partial charge in [-0.2, -0.15) is 4.72 Å². The molecule has 12 nitrogen and oxygen atoms in total. The van der Waals surface area contributed by atoms with Gasteiger partial charge in [-0.3, -0.25) is 4.79 Å². The Bertz CT molecular complexity index is 1480. The smallest absolute Gasteiger partial charge is 0.407 e. The van der Waals surface area contributed by atoms with Gasteiger partial charge in [-0.15, -0.1) is 0 Å². The van der Waals surface area contributed by atoms with E-state index in [-0.39, 0.29) is 29.5 Å². The fraction of sp³-hybridized carbons (Fsp3) is 0.200. The predicted molar refractivity (Wildman–Crippen MR) is 142 cm³/mol. The molecule has 1 amide bonds. The lowest BCUT2D eigenvalue weighted by Crippen LogP contribution is -2.45. The number of hydrogen-bond acceptors (Lipinski definition) is 8. The summed E-state index contributed by atoms with van der Waals surface area (Å²) >= 11 is 0. The molecule has 6 N–H and O–H groups in total. The van der Waals surface area contributed by atoms with Gasteiger partial charge in [0.25, 0.3) is 0 Å². The minimum Gasteiger partial charge on any atom is -0.480 e. The van der Waals surface area contributed by atoms with E-state index in [1.165, 1.54) is 36.4 Å². The van der Waals surface area contributed by atoms with Crippen molar-refractivity contribution in [1.29, 1.82) is 0 Å². The van der Waals surface area contributed by atoms with Crippen molar-refractivity contribution < 1.29 is 36.3 Å². The van der Waals surface area contributed by atoms with Crippen molar-refractivity contribution >= 4 is 32.1 Å². The molecule has 0 spiro atoms. The van der Waals surface area contributed by atoms with Crippen molar-refractivity contribution in [2.24, 2.45) is 5.73 Å². The van der Waals surface area contributed by atoms with Crippen LogP contribution < -0.4 is 20.5 Å². The molecule has 14 heteroatoms. The van der Waals surface area contributed by atoms with Crippen LogP contribution >= 0.6 is 0 Å². The molecule has 0 aliphatic rings. The van der Waals surface area contributed by atoms with Crippen molar-refractivity contribution in [3.8, 4) is 11.1 Å². The molecule has 0 aromatic heterocycles. The first-order valence-corrected chi connectivity index (χ1v) is 14.6. The first-order valence-electron chi connectivity index (χ1n) is 11.6. The topological polar surface area (TPSA) is 194 Å². The summed E-state index contributed by atoms with van der Waals surface area (Å²) in [4.78, 5) is 22.7. The second-order valence-electron chi connectivity index (χ2n) is 8.18. The van der Waals surface area contributed by atoms with E-state index in [1.807, 2.05) is 35.1 Å². The number of alkyl carbamates (subject to hydrolysis) is 1. The number of benzene rings is 3. The molecule has 3 aromatic rings. The third-order valence-corrected chi connectivity index (χ3v) is 8.36. The molecule has 0 saturated carbocycles. The maximum absolute atomic E-state index is 12.6. The Hall–Kier alpha value is -3.82. The third kappa shape index (κ3) is 8.59. The molecule has 3 aromatic carbocycles. The number of aliphatic carboxylic acids is 1. The fourth-order valence-corrected chi connectivity index (χ4v) is 5.55. The van der Waals surface area contributed by atoms with Gasteiger partial charge in [0.2, 0.25) is 20.0 Å². The molecule has 0 radical (unpaired) electrons. The van der Waals surface area contributed by atoms with Crippen LogP contribution in [0.5, 0.6) is 0 Å². The monoisotopic (exact) mass is 576 g/mol. The lowest BCUT2D eigenvalue weighted by molar-refractivity contribution is -0.138. The SMILES string of the molecule is NC[C@H](NS(=O)(=O)c1ccc(-c2ccc(S(=O)(=O)NCCNC(=O)OCc3ccccc3)cc2)cc1)C(=O)O. The van der Waals surface area contributed by atoms with E-state index < -0.39 is 44.7 Å². The Kier molecular flexibility index (Phi) is 10.1. The summed E-state index contributed by atoms with van der Waals surface area (Å²) in [7, 11) is -7.95. The molecule has 0 aliphatic carbocycles. The van der Waals surface area contributed by atoms with Gasteiger partial charge >= 0.3 is 12.1 Å². The second kappa shape index (κ2) is 13.3. The van der Waals surface area contributed by atoms with Crippen LogP contribution in [0.3, 0.4) is 0 Å². The number of ether oxygens (including phenoxy) is 1. The van der Waals surface area contributed by atoms with Gasteiger partial charge in [0.1, 0.15) is 12.6 Å². The number of hydrogen-bond donors (Lipinski definition) is 5. The summed E-state index contributed by atoms with van der Waals surface area (Å²) in [6, 6.07) is 19.2. The summed E-state index contributed by atoms with van der Waals surface area (Å²) in [6.07, 6.45) is -0.668. The number of carboxylic acids is 1. The summed E-state index contributed by atoms with van der Waals surface area (Å²) in [5.41, 5.74) is 7.36. The largest absolute Gasteiger partial charge is 0.480 e. The summed E-state index contributed by atoms with van der Waals surface area (Å²) in [5.74, 6) is -1.39. The molecule has 39 heavy (non-hydrogen) atoms. The Labute approximate surface area is 226 Å². The van der Waals surface area contributed by atoms with Crippen LogP contribution in [0.1, 0.15) is 5.56 Å². The summed E-state index contributed by atoms with van der Waals surface area (Å²) < 4.78 is 59.5. The minimum absolute atomic E-state index is 0.00259. The number of rotatable bonds is 13. The molecule has 0 unspecified atom stereocenters. The highest BCUT2D eigenvalue weighted by Crippen LogP contribution is 2.23. The third-order valence-electron chi connectivity index (χ3n) is 5.39. The van der Waals surface area contributed by atoms with Gasteiger partial charge in [0.05, 0.1) is 9.79 Å². The van der Waals surface area contributed by atoms with Crippen molar-refractivity contribution in [3.05, 3.63) is 84.4 Å². The highest BCUT2D eigenvalue weighted by molar-refractivity contribution is 7.89. The van der Waals surface area contributed by atoms with Crippen molar-refractivity contribution in [1.82, 2.24) is 14.8 Å². The fourth-order valence-electron chi connectivity index (χ4n) is 3.32. The van der Waals surface area contributed by atoms with Crippen LogP contribution in [-0.4, -0.2) is 59.7 Å². The molecule has 0 bridgehead atoms. The van der Waals surface area contributed by atoms with E-state index in [9.17, 15) is 26.4 Å². The average molecular weight is 577 g/mol. The first kappa shape index (κ1) is 29.7. The van der Waals surface area contributed by atoms with E-state index in [4.69, 9.17) is 15.6 Å². The number of nitrogens with one attached hydrogen (secondary N) is 3. The lowest BCUT2D eigenvalue weighted by Gasteiger charge is -2.13. The average Bonchev–Trinajstić information content (AvgIpc) is 2.93. The molecule has 208 valence electrons. The number of amides is 1. The van der Waals surface area contributed by atoms with Gasteiger partial charge in [-0.05, 0) is 41.0 Å². The van der Waals surface area contributed by atoms with Gasteiger partial charge < -0.3 is 20.9 Å². The van der Waals surface area contributed by atoms with Crippen LogP contribution in [0.15, 0.2) is 88.7 Å². The Morgan fingerprint density at radius 1 is 0.795 bits per heavy atom. The van der Waals surface area contributed by atoms with Gasteiger partial charge in [0, 0.05) is 19.6 Å². The van der Waals surface area contributed by atoms with Crippen LogP contribution in [0.4, 0.5) is 4.79 Å². The summed E-state index contributed by atoms with van der Waals surface area (Å²) in [5, 5.41) is 11.5. The first-order chi connectivity index (χ1) is 18.5. The molecular weight excluding hydrogens is 548 g/mol. The summed E-state index contributed by atoms with van der Waals surface area (Å²) in [6.45, 7) is -0.344. The molecule has 0 heterocycles. The Morgan fingerprint density at radius 2 is 1.33 bits per heavy atom. The molecule has 0 aliphatic heterocycles. The van der Waals surface area contributed by atoms with E-state index in [0.29, 0.717) is 11.1 Å². The molecule has 0 saturated heterocycles. The number of carboxylic acid groups (broad SMARTS) is 1. The van der Waals surface area contributed by atoms with E-state index in [2.05, 4.69) is 10.0 Å². The second-order valence-corrected chi connectivity index (χ2v) is 11.7. The van der Waals surface area contributed by atoms with Crippen LogP contribution in [0, 0.1) is 0 Å². The van der Waals surface area contributed by atoms with Gasteiger partial charge in [0.15, 0.2) is 0 Å². The zero-order chi connectivity index (χ0) is 28.5. The van der Waals surface area contributed by atoms with E-state index in [0.717, 1.165) is 5.56 Å². The maximum atomic E-state index is 12.6. The number of carbonyl (C=O) groups is 2. The number of sulfonamides is 2. The number of nitrogens with two attached hydrogens (primary N) is 1. The molecule has 0 fully saturated rings. The Balaban J connectivity index is 1.53. The van der Waals surface area contributed by atoms with Gasteiger partial charge in [-0.1, -0.05) is 54.6 Å². The highest BCUT2D eigenvalue weighted by atomic mass is 32.2. The van der Waals surface area contributed by atoms with Crippen LogP contribution in [-0.2, 0) is 36.2 Å². The minimum atomic E-state index is -4.11. The Morgan fingerprint density at radius 3 is 1.85 bits per heavy atom. The van der Waals surface area contributed by atoms with Crippen molar-refractivity contribution in [3.63, 3.8) is 0 Å². The van der Waals surface area contributed by atoms with E-state index in [1.54, 1.807) is 12.1 Å².